The number of hydrogen-bond donors (Lipinski definition) is 2. The molecule has 0 unspecified atom stereocenters. The Hall–Kier alpha value is -2.36. The summed E-state index contributed by atoms with van der Waals surface area (Å²) >= 11 is 1.60. The largest absolute Gasteiger partial charge is 0.376 e. The molecule has 9 atom stereocenters. The third kappa shape index (κ3) is 4.60. The lowest BCUT2D eigenvalue weighted by atomic mass is 9.73. The van der Waals surface area contributed by atoms with Crippen molar-refractivity contribution in [2.24, 2.45) is 23.7 Å². The standard InChI is InChI=1S/C30H39N3O5S/c1-17-7-4-11-22(18(17)2)32-28(35)26-30-13-12-23(38-30)24(27(34)31-19-8-5-10-21(15-19)39-3)25(30)29(36)33(26)16-20-9-6-14-37-20/h5,8,10,12-13,15,17-18,20,22-26H,4,6-7,9,11,14,16H2,1-3H3,(H,31,34)(H,32,35)/t17-,18+,20-,22+,23-,24+,25-,26-,30-/m0/s1. The van der Waals surface area contributed by atoms with Gasteiger partial charge in [0.05, 0.1) is 24.0 Å². The summed E-state index contributed by atoms with van der Waals surface area (Å²) in [5.74, 6) is -1.22. The quantitative estimate of drug-likeness (QED) is 0.396. The van der Waals surface area contributed by atoms with E-state index in [1.54, 1.807) is 16.7 Å². The number of rotatable bonds is 7. The molecule has 0 aromatic heterocycles. The van der Waals surface area contributed by atoms with Crippen LogP contribution in [0, 0.1) is 23.7 Å². The summed E-state index contributed by atoms with van der Waals surface area (Å²) in [5, 5.41) is 6.33. The molecule has 4 heterocycles. The van der Waals surface area contributed by atoms with Crippen LogP contribution in [0.25, 0.3) is 0 Å². The summed E-state index contributed by atoms with van der Waals surface area (Å²) in [6.45, 7) is 5.43. The number of likely N-dealkylation sites (tertiary alicyclic amines) is 1. The lowest BCUT2D eigenvalue weighted by molar-refractivity contribution is -0.143. The van der Waals surface area contributed by atoms with Crippen LogP contribution in [0.5, 0.6) is 0 Å². The van der Waals surface area contributed by atoms with Gasteiger partial charge < -0.3 is 25.0 Å². The van der Waals surface area contributed by atoms with Crippen molar-refractivity contribution in [3.8, 4) is 0 Å². The minimum absolute atomic E-state index is 0.0572. The zero-order valence-electron chi connectivity index (χ0n) is 22.9. The first-order valence-electron chi connectivity index (χ1n) is 14.4. The molecule has 6 rings (SSSR count). The van der Waals surface area contributed by atoms with Gasteiger partial charge in [0.2, 0.25) is 17.7 Å². The predicted octanol–water partition coefficient (Wildman–Crippen LogP) is 3.62. The van der Waals surface area contributed by atoms with E-state index in [1.807, 2.05) is 42.7 Å². The van der Waals surface area contributed by atoms with Crippen LogP contribution in [0.15, 0.2) is 41.3 Å². The summed E-state index contributed by atoms with van der Waals surface area (Å²) in [6, 6.07) is 6.88. The minimum Gasteiger partial charge on any atom is -0.376 e. The molecule has 2 N–H and O–H groups in total. The van der Waals surface area contributed by atoms with Gasteiger partial charge in [-0.05, 0) is 55.6 Å². The van der Waals surface area contributed by atoms with Gasteiger partial charge in [0, 0.05) is 29.8 Å². The summed E-state index contributed by atoms with van der Waals surface area (Å²) in [6.07, 6.45) is 10.0. The van der Waals surface area contributed by atoms with E-state index >= 15 is 0 Å². The number of ether oxygens (including phenoxy) is 2. The molecular weight excluding hydrogens is 514 g/mol. The number of carbonyl (C=O) groups excluding carboxylic acids is 3. The van der Waals surface area contributed by atoms with E-state index in [4.69, 9.17) is 9.47 Å². The van der Waals surface area contributed by atoms with E-state index in [9.17, 15) is 14.4 Å². The zero-order valence-corrected chi connectivity index (χ0v) is 23.7. The Morgan fingerprint density at radius 1 is 1.15 bits per heavy atom. The topological polar surface area (TPSA) is 97.0 Å². The molecule has 3 amide bonds. The molecule has 1 spiro atoms. The van der Waals surface area contributed by atoms with E-state index in [1.165, 1.54) is 0 Å². The van der Waals surface area contributed by atoms with Crippen molar-refractivity contribution < 1.29 is 23.9 Å². The first-order valence-corrected chi connectivity index (χ1v) is 15.6. The van der Waals surface area contributed by atoms with Gasteiger partial charge in [-0.1, -0.05) is 44.9 Å². The number of anilines is 1. The number of fused-ring (bicyclic) bond motifs is 1. The molecule has 210 valence electrons. The maximum absolute atomic E-state index is 14.1. The third-order valence-corrected chi connectivity index (χ3v) is 10.4. The highest BCUT2D eigenvalue weighted by Gasteiger charge is 2.73. The smallest absolute Gasteiger partial charge is 0.246 e. The van der Waals surface area contributed by atoms with Crippen LogP contribution in [-0.2, 0) is 23.9 Å². The maximum Gasteiger partial charge on any atom is 0.246 e. The minimum atomic E-state index is -1.16. The lowest BCUT2D eigenvalue weighted by Crippen LogP contribution is -2.58. The molecule has 0 radical (unpaired) electrons. The van der Waals surface area contributed by atoms with Crippen molar-refractivity contribution in [1.82, 2.24) is 10.2 Å². The van der Waals surface area contributed by atoms with Gasteiger partial charge in [-0.3, -0.25) is 14.4 Å². The third-order valence-electron chi connectivity index (χ3n) is 9.72. The molecule has 1 aromatic carbocycles. The Morgan fingerprint density at radius 3 is 2.77 bits per heavy atom. The van der Waals surface area contributed by atoms with Crippen LogP contribution in [0.1, 0.15) is 46.0 Å². The van der Waals surface area contributed by atoms with E-state index in [0.29, 0.717) is 30.7 Å². The molecule has 2 bridgehead atoms. The van der Waals surface area contributed by atoms with E-state index in [2.05, 4.69) is 24.5 Å². The second kappa shape index (κ2) is 10.6. The summed E-state index contributed by atoms with van der Waals surface area (Å²) in [5.41, 5.74) is -0.471. The highest BCUT2D eigenvalue weighted by atomic mass is 32.2. The fourth-order valence-electron chi connectivity index (χ4n) is 7.45. The van der Waals surface area contributed by atoms with Gasteiger partial charge in [-0.25, -0.2) is 0 Å². The normalized spacial score (nSPS) is 38.7. The average Bonchev–Trinajstić information content (AvgIpc) is 3.70. The van der Waals surface area contributed by atoms with Crippen LogP contribution in [0.2, 0.25) is 0 Å². The molecule has 5 aliphatic rings. The highest BCUT2D eigenvalue weighted by molar-refractivity contribution is 7.98. The Kier molecular flexibility index (Phi) is 7.27. The lowest BCUT2D eigenvalue weighted by Gasteiger charge is -2.38. The van der Waals surface area contributed by atoms with Gasteiger partial charge in [0.1, 0.15) is 11.6 Å². The molecule has 4 fully saturated rings. The van der Waals surface area contributed by atoms with Crippen LogP contribution in [-0.4, -0.2) is 71.9 Å². The van der Waals surface area contributed by atoms with Crippen LogP contribution in [0.4, 0.5) is 5.69 Å². The molecule has 1 aromatic rings. The number of hydrogen-bond acceptors (Lipinski definition) is 6. The molecular formula is C30H39N3O5S. The van der Waals surface area contributed by atoms with Crippen LogP contribution >= 0.6 is 11.8 Å². The van der Waals surface area contributed by atoms with Gasteiger partial charge in [0.25, 0.3) is 0 Å². The van der Waals surface area contributed by atoms with Crippen LogP contribution in [0.3, 0.4) is 0 Å². The fourth-order valence-corrected chi connectivity index (χ4v) is 7.90. The molecule has 1 saturated carbocycles. The average molecular weight is 554 g/mol. The monoisotopic (exact) mass is 553 g/mol. The molecule has 3 saturated heterocycles. The predicted molar refractivity (Wildman–Crippen MR) is 149 cm³/mol. The number of nitrogens with one attached hydrogen (secondary N) is 2. The molecule has 8 nitrogen and oxygen atoms in total. The van der Waals surface area contributed by atoms with Gasteiger partial charge in [0.15, 0.2) is 0 Å². The first-order chi connectivity index (χ1) is 18.8. The van der Waals surface area contributed by atoms with Crippen molar-refractivity contribution in [1.29, 1.82) is 0 Å². The van der Waals surface area contributed by atoms with Crippen LogP contribution < -0.4 is 10.6 Å². The maximum atomic E-state index is 14.1. The Labute approximate surface area is 234 Å². The fraction of sp³-hybridized carbons (Fsp3) is 0.633. The van der Waals surface area contributed by atoms with Gasteiger partial charge in [-0.2, -0.15) is 0 Å². The number of thioether (sulfide) groups is 1. The van der Waals surface area contributed by atoms with E-state index in [0.717, 1.165) is 37.0 Å². The van der Waals surface area contributed by atoms with E-state index < -0.39 is 29.6 Å². The summed E-state index contributed by atoms with van der Waals surface area (Å²) in [7, 11) is 0. The van der Waals surface area contributed by atoms with Crippen molar-refractivity contribution in [2.45, 2.75) is 80.7 Å². The summed E-state index contributed by atoms with van der Waals surface area (Å²) < 4.78 is 12.4. The zero-order chi connectivity index (χ0) is 27.3. The van der Waals surface area contributed by atoms with Crippen molar-refractivity contribution in [3.63, 3.8) is 0 Å². The number of carbonyl (C=O) groups is 3. The Balaban J connectivity index is 1.29. The summed E-state index contributed by atoms with van der Waals surface area (Å²) in [4.78, 5) is 44.6. The Morgan fingerprint density at radius 2 is 2.00 bits per heavy atom. The van der Waals surface area contributed by atoms with Crippen molar-refractivity contribution >= 4 is 35.2 Å². The number of nitrogens with zero attached hydrogens (tertiary/aromatic N) is 1. The molecule has 39 heavy (non-hydrogen) atoms. The molecule has 4 aliphatic heterocycles. The molecule has 9 heteroatoms. The number of amides is 3. The Bertz CT molecular complexity index is 1170. The van der Waals surface area contributed by atoms with E-state index in [-0.39, 0.29) is 29.9 Å². The van der Waals surface area contributed by atoms with Gasteiger partial charge >= 0.3 is 0 Å². The molecule has 1 aliphatic carbocycles. The first kappa shape index (κ1) is 26.8. The number of benzene rings is 1. The second-order valence-electron chi connectivity index (χ2n) is 11.9. The SMILES string of the molecule is CSc1cccc(NC(=O)[C@@H]2[C@@H]3C=C[C@]4(O3)[C@@H]2C(=O)N(C[C@@H]2CCCO2)[C@H]4C(=O)N[C@@H]2CCC[C@H](C)[C@H]2C)c1. The highest BCUT2D eigenvalue weighted by Crippen LogP contribution is 2.55. The van der Waals surface area contributed by atoms with Crippen molar-refractivity contribution in [2.75, 3.05) is 24.7 Å². The van der Waals surface area contributed by atoms with Gasteiger partial charge in [-0.15, -0.1) is 11.8 Å². The second-order valence-corrected chi connectivity index (χ2v) is 12.8. The van der Waals surface area contributed by atoms with Crippen molar-refractivity contribution in [3.05, 3.63) is 36.4 Å².